The number of nitrogens with zero attached hydrogens (tertiary/aromatic N) is 2. The van der Waals surface area contributed by atoms with E-state index in [-0.39, 0.29) is 12.6 Å². The summed E-state index contributed by atoms with van der Waals surface area (Å²) in [6.07, 6.45) is 1.68. The minimum absolute atomic E-state index is 0.273. The molecule has 2 unspecified atom stereocenters. The zero-order valence-corrected chi connectivity index (χ0v) is 16.2. The number of aliphatic hydroxyl groups excluding tert-OH is 1. The molecule has 6 heteroatoms. The molecule has 1 aromatic heterocycles. The molecule has 3 aromatic rings. The summed E-state index contributed by atoms with van der Waals surface area (Å²) < 4.78 is 12.1. The standard InChI is InChI=1S/C21H24N2O3S/c1-25-16-8-10-17(11-9-16)26-14-15(24)13-23-12-4-6-19(23)21-22-18-5-2-3-7-20(18)27-21/h2-3,5,7-11,15,19,24H,4,6,12-14H2,1H3. The zero-order valence-electron chi connectivity index (χ0n) is 15.4. The van der Waals surface area contributed by atoms with Gasteiger partial charge in [-0.3, -0.25) is 4.90 Å². The summed E-state index contributed by atoms with van der Waals surface area (Å²) in [6.45, 7) is 1.85. The van der Waals surface area contributed by atoms with Gasteiger partial charge < -0.3 is 14.6 Å². The summed E-state index contributed by atoms with van der Waals surface area (Å²) >= 11 is 1.76. The highest BCUT2D eigenvalue weighted by molar-refractivity contribution is 7.18. The number of hydrogen-bond donors (Lipinski definition) is 1. The third-order valence-electron chi connectivity index (χ3n) is 4.91. The molecule has 0 spiro atoms. The van der Waals surface area contributed by atoms with Crippen molar-refractivity contribution in [1.29, 1.82) is 0 Å². The number of aliphatic hydroxyl groups is 1. The summed E-state index contributed by atoms with van der Waals surface area (Å²) in [5.41, 5.74) is 1.06. The van der Waals surface area contributed by atoms with E-state index in [1.54, 1.807) is 18.4 Å². The van der Waals surface area contributed by atoms with E-state index in [4.69, 9.17) is 14.5 Å². The Morgan fingerprint density at radius 2 is 1.96 bits per heavy atom. The van der Waals surface area contributed by atoms with E-state index >= 15 is 0 Å². The normalized spacial score (nSPS) is 18.7. The summed E-state index contributed by atoms with van der Waals surface area (Å²) in [6, 6.07) is 16.0. The van der Waals surface area contributed by atoms with Crippen molar-refractivity contribution >= 4 is 21.6 Å². The second-order valence-electron chi connectivity index (χ2n) is 6.81. The maximum absolute atomic E-state index is 10.5. The summed E-state index contributed by atoms with van der Waals surface area (Å²) in [7, 11) is 1.64. The van der Waals surface area contributed by atoms with Crippen molar-refractivity contribution in [3.63, 3.8) is 0 Å². The van der Waals surface area contributed by atoms with E-state index in [0.717, 1.165) is 41.4 Å². The lowest BCUT2D eigenvalue weighted by Gasteiger charge is -2.25. The summed E-state index contributed by atoms with van der Waals surface area (Å²) in [4.78, 5) is 7.15. The van der Waals surface area contributed by atoms with Gasteiger partial charge in [0.1, 0.15) is 29.2 Å². The van der Waals surface area contributed by atoms with Crippen LogP contribution in [0.25, 0.3) is 10.2 Å². The van der Waals surface area contributed by atoms with Crippen LogP contribution in [0.15, 0.2) is 48.5 Å². The molecular formula is C21H24N2O3S. The average molecular weight is 385 g/mol. The van der Waals surface area contributed by atoms with Gasteiger partial charge in [-0.15, -0.1) is 11.3 Å². The van der Waals surface area contributed by atoms with Crippen molar-refractivity contribution in [3.05, 3.63) is 53.5 Å². The number of thiazole rings is 1. The van der Waals surface area contributed by atoms with Crippen LogP contribution >= 0.6 is 11.3 Å². The van der Waals surface area contributed by atoms with Crippen LogP contribution in [0.4, 0.5) is 0 Å². The number of likely N-dealkylation sites (tertiary alicyclic amines) is 1. The molecule has 0 amide bonds. The molecule has 1 fully saturated rings. The lowest BCUT2D eigenvalue weighted by atomic mass is 10.2. The van der Waals surface area contributed by atoms with E-state index in [0.29, 0.717) is 6.54 Å². The quantitative estimate of drug-likeness (QED) is 0.670. The Morgan fingerprint density at radius 3 is 2.74 bits per heavy atom. The summed E-state index contributed by atoms with van der Waals surface area (Å²) in [5, 5.41) is 11.6. The molecule has 1 aliphatic heterocycles. The number of methoxy groups -OCH3 is 1. The first kappa shape index (κ1) is 18.2. The number of para-hydroxylation sites is 1. The Kier molecular flexibility index (Phi) is 5.57. The Morgan fingerprint density at radius 1 is 1.19 bits per heavy atom. The lowest BCUT2D eigenvalue weighted by molar-refractivity contribution is 0.0638. The monoisotopic (exact) mass is 384 g/mol. The number of ether oxygens (including phenoxy) is 2. The van der Waals surface area contributed by atoms with E-state index < -0.39 is 6.10 Å². The molecule has 142 valence electrons. The highest BCUT2D eigenvalue weighted by Crippen LogP contribution is 2.36. The number of β-amino-alcohol motifs (C(OH)–C–C–N with tert-alkyl or cyclic N) is 1. The number of rotatable bonds is 7. The van der Waals surface area contributed by atoms with Crippen molar-refractivity contribution in [2.75, 3.05) is 26.8 Å². The predicted octanol–water partition coefficient (Wildman–Crippen LogP) is 3.88. The first-order valence-corrected chi connectivity index (χ1v) is 10.1. The fraction of sp³-hybridized carbons (Fsp3) is 0.381. The Bertz CT molecular complexity index is 848. The maximum Gasteiger partial charge on any atom is 0.119 e. The number of hydrogen-bond acceptors (Lipinski definition) is 6. The SMILES string of the molecule is COc1ccc(OCC(O)CN2CCCC2c2nc3ccccc3s2)cc1. The molecule has 5 nitrogen and oxygen atoms in total. The van der Waals surface area contributed by atoms with Crippen molar-refractivity contribution in [3.8, 4) is 11.5 Å². The Labute approximate surface area is 163 Å². The van der Waals surface area contributed by atoms with Gasteiger partial charge in [-0.2, -0.15) is 0 Å². The highest BCUT2D eigenvalue weighted by Gasteiger charge is 2.30. The van der Waals surface area contributed by atoms with Crippen LogP contribution in [0.5, 0.6) is 11.5 Å². The van der Waals surface area contributed by atoms with Gasteiger partial charge in [-0.05, 0) is 55.8 Å². The van der Waals surface area contributed by atoms with E-state index in [2.05, 4.69) is 23.1 Å². The lowest BCUT2D eigenvalue weighted by Crippen LogP contribution is -2.35. The van der Waals surface area contributed by atoms with E-state index in [1.165, 1.54) is 4.70 Å². The molecule has 0 bridgehead atoms. The molecule has 4 rings (SSSR count). The molecular weight excluding hydrogens is 360 g/mol. The second-order valence-corrected chi connectivity index (χ2v) is 7.88. The van der Waals surface area contributed by atoms with Gasteiger partial charge in [0.2, 0.25) is 0 Å². The molecule has 0 aliphatic carbocycles. The minimum atomic E-state index is -0.540. The van der Waals surface area contributed by atoms with Gasteiger partial charge in [0.25, 0.3) is 0 Å². The minimum Gasteiger partial charge on any atom is -0.497 e. The molecule has 0 saturated carbocycles. The molecule has 2 aromatic carbocycles. The molecule has 1 saturated heterocycles. The Hall–Kier alpha value is -2.15. The van der Waals surface area contributed by atoms with Crippen molar-refractivity contribution in [2.24, 2.45) is 0 Å². The van der Waals surface area contributed by atoms with Crippen LogP contribution in [0.3, 0.4) is 0 Å². The fourth-order valence-electron chi connectivity index (χ4n) is 3.54. The van der Waals surface area contributed by atoms with Crippen LogP contribution in [0.2, 0.25) is 0 Å². The van der Waals surface area contributed by atoms with Crippen LogP contribution in [-0.2, 0) is 0 Å². The van der Waals surface area contributed by atoms with Crippen LogP contribution < -0.4 is 9.47 Å². The van der Waals surface area contributed by atoms with Gasteiger partial charge in [-0.25, -0.2) is 4.98 Å². The molecule has 1 aliphatic rings. The average Bonchev–Trinajstić information content (AvgIpc) is 3.33. The van der Waals surface area contributed by atoms with Crippen molar-refractivity contribution in [1.82, 2.24) is 9.88 Å². The molecule has 27 heavy (non-hydrogen) atoms. The zero-order chi connectivity index (χ0) is 18.6. The number of fused-ring (bicyclic) bond motifs is 1. The number of benzene rings is 2. The first-order valence-electron chi connectivity index (χ1n) is 9.27. The predicted molar refractivity (Wildman–Crippen MR) is 108 cm³/mol. The third-order valence-corrected chi connectivity index (χ3v) is 6.04. The Balaban J connectivity index is 1.35. The molecule has 2 atom stereocenters. The maximum atomic E-state index is 10.5. The third kappa shape index (κ3) is 4.24. The van der Waals surface area contributed by atoms with Crippen molar-refractivity contribution < 1.29 is 14.6 Å². The van der Waals surface area contributed by atoms with Crippen molar-refractivity contribution in [2.45, 2.75) is 25.0 Å². The fourth-order valence-corrected chi connectivity index (χ4v) is 4.68. The van der Waals surface area contributed by atoms with Gasteiger partial charge in [-0.1, -0.05) is 12.1 Å². The molecule has 1 N–H and O–H groups in total. The van der Waals surface area contributed by atoms with E-state index in [1.807, 2.05) is 30.3 Å². The largest absolute Gasteiger partial charge is 0.497 e. The van der Waals surface area contributed by atoms with Crippen LogP contribution in [0.1, 0.15) is 23.9 Å². The summed E-state index contributed by atoms with van der Waals surface area (Å²) in [5.74, 6) is 1.53. The van der Waals surface area contributed by atoms with Gasteiger partial charge >= 0.3 is 0 Å². The number of aromatic nitrogens is 1. The second kappa shape index (κ2) is 8.25. The first-order chi connectivity index (χ1) is 13.2. The molecule has 2 heterocycles. The van der Waals surface area contributed by atoms with Crippen LogP contribution in [0, 0.1) is 0 Å². The van der Waals surface area contributed by atoms with E-state index in [9.17, 15) is 5.11 Å². The topological polar surface area (TPSA) is 54.8 Å². The molecule has 0 radical (unpaired) electrons. The van der Waals surface area contributed by atoms with Crippen LogP contribution in [-0.4, -0.2) is 47.9 Å². The van der Waals surface area contributed by atoms with Gasteiger partial charge in [0.15, 0.2) is 0 Å². The highest BCUT2D eigenvalue weighted by atomic mass is 32.1. The van der Waals surface area contributed by atoms with Gasteiger partial charge in [0, 0.05) is 6.54 Å². The smallest absolute Gasteiger partial charge is 0.119 e. The van der Waals surface area contributed by atoms with Gasteiger partial charge in [0.05, 0.1) is 23.4 Å².